The van der Waals surface area contributed by atoms with Gasteiger partial charge in [0, 0.05) is 50.5 Å². The van der Waals surface area contributed by atoms with Crippen LogP contribution >= 0.6 is 0 Å². The van der Waals surface area contributed by atoms with Crippen LogP contribution in [-0.4, -0.2) is 59.6 Å². The quantitative estimate of drug-likeness (QED) is 0.560. The lowest BCUT2D eigenvalue weighted by molar-refractivity contribution is -0.384. The summed E-state index contributed by atoms with van der Waals surface area (Å²) < 4.78 is 10.8. The molecule has 2 aromatic carbocycles. The van der Waals surface area contributed by atoms with Crippen LogP contribution < -0.4 is 14.8 Å². The van der Waals surface area contributed by atoms with Gasteiger partial charge < -0.3 is 14.8 Å². The molecule has 1 saturated heterocycles. The number of carbonyl (C=O) groups excluding carboxylic acids is 1. The first-order valence-electron chi connectivity index (χ1n) is 10.3. The van der Waals surface area contributed by atoms with Crippen molar-refractivity contribution < 1.29 is 19.2 Å². The van der Waals surface area contributed by atoms with Crippen LogP contribution in [0.5, 0.6) is 11.5 Å². The number of amides is 1. The number of nitro benzene ring substituents is 1. The van der Waals surface area contributed by atoms with E-state index < -0.39 is 4.92 Å². The lowest BCUT2D eigenvalue weighted by atomic mass is 10.1. The number of anilines is 1. The second-order valence-corrected chi connectivity index (χ2v) is 7.92. The highest BCUT2D eigenvalue weighted by atomic mass is 16.7. The summed E-state index contributed by atoms with van der Waals surface area (Å²) in [5.74, 6) is 1.47. The van der Waals surface area contributed by atoms with E-state index in [1.807, 2.05) is 19.1 Å². The second-order valence-electron chi connectivity index (χ2n) is 7.92. The molecule has 4 rings (SSSR count). The fourth-order valence-corrected chi connectivity index (χ4v) is 3.91. The number of fused-ring (bicyclic) bond motifs is 1. The number of nitrogens with zero attached hydrogens (tertiary/aromatic N) is 3. The number of hydrogen-bond donors (Lipinski definition) is 1. The summed E-state index contributed by atoms with van der Waals surface area (Å²) in [6, 6.07) is 10.2. The molecule has 2 aliphatic rings. The van der Waals surface area contributed by atoms with Crippen molar-refractivity contribution in [2.45, 2.75) is 26.4 Å². The third-order valence-corrected chi connectivity index (χ3v) is 5.86. The van der Waals surface area contributed by atoms with Crippen LogP contribution in [0.3, 0.4) is 0 Å². The van der Waals surface area contributed by atoms with Crippen molar-refractivity contribution in [3.05, 3.63) is 57.6 Å². The lowest BCUT2D eigenvalue weighted by Gasteiger charge is -2.37. The maximum atomic E-state index is 12.7. The zero-order valence-electron chi connectivity index (χ0n) is 17.7. The van der Waals surface area contributed by atoms with Crippen molar-refractivity contribution in [1.82, 2.24) is 9.80 Å². The number of nitrogens with one attached hydrogen (secondary N) is 1. The Bertz CT molecular complexity index is 988. The number of rotatable bonds is 6. The number of piperazine rings is 1. The minimum atomic E-state index is -0.440. The molecule has 2 aromatic rings. The average Bonchev–Trinajstić information content (AvgIpc) is 3.23. The minimum Gasteiger partial charge on any atom is -0.454 e. The highest BCUT2D eigenvalue weighted by Gasteiger charge is 2.26. The molecule has 2 heterocycles. The van der Waals surface area contributed by atoms with E-state index in [1.54, 1.807) is 13.0 Å². The Morgan fingerprint density at radius 3 is 2.58 bits per heavy atom. The molecule has 1 atom stereocenters. The van der Waals surface area contributed by atoms with E-state index in [2.05, 4.69) is 21.2 Å². The SMILES string of the molecule is Cc1cc([N+](=O)[O-])ccc1NC(=O)C(C)N1CCN(Cc2ccc3c(c2)OCO3)CC1. The number of ether oxygens (including phenoxy) is 2. The van der Waals surface area contributed by atoms with E-state index in [9.17, 15) is 14.9 Å². The molecule has 9 nitrogen and oxygen atoms in total. The lowest BCUT2D eigenvalue weighted by Crippen LogP contribution is -2.52. The maximum Gasteiger partial charge on any atom is 0.269 e. The largest absolute Gasteiger partial charge is 0.454 e. The first kappa shape index (κ1) is 21.1. The van der Waals surface area contributed by atoms with Crippen molar-refractivity contribution in [1.29, 1.82) is 0 Å². The summed E-state index contributed by atoms with van der Waals surface area (Å²) >= 11 is 0. The molecule has 0 spiro atoms. The van der Waals surface area contributed by atoms with Gasteiger partial charge in [0.05, 0.1) is 11.0 Å². The molecule has 0 radical (unpaired) electrons. The van der Waals surface area contributed by atoms with Gasteiger partial charge in [0.25, 0.3) is 5.69 Å². The van der Waals surface area contributed by atoms with Crippen LogP contribution in [0.15, 0.2) is 36.4 Å². The van der Waals surface area contributed by atoms with Gasteiger partial charge in [-0.1, -0.05) is 6.07 Å². The molecule has 0 saturated carbocycles. The topological polar surface area (TPSA) is 97.2 Å². The number of carbonyl (C=O) groups is 1. The molecule has 2 aliphatic heterocycles. The zero-order chi connectivity index (χ0) is 22.0. The fourth-order valence-electron chi connectivity index (χ4n) is 3.91. The zero-order valence-corrected chi connectivity index (χ0v) is 17.7. The molecule has 1 amide bonds. The van der Waals surface area contributed by atoms with Crippen molar-refractivity contribution in [3.8, 4) is 11.5 Å². The molecule has 0 bridgehead atoms. The summed E-state index contributed by atoms with van der Waals surface area (Å²) in [6.45, 7) is 8.05. The van der Waals surface area contributed by atoms with E-state index in [1.165, 1.54) is 17.7 Å². The van der Waals surface area contributed by atoms with E-state index in [0.29, 0.717) is 11.3 Å². The molecular weight excluding hydrogens is 400 g/mol. The Balaban J connectivity index is 1.29. The smallest absolute Gasteiger partial charge is 0.269 e. The van der Waals surface area contributed by atoms with Crippen LogP contribution in [0.25, 0.3) is 0 Å². The summed E-state index contributed by atoms with van der Waals surface area (Å²) in [5, 5.41) is 13.8. The standard InChI is InChI=1S/C22H26N4O5/c1-15-11-18(26(28)29)4-5-19(15)23-22(27)16(2)25-9-7-24(8-10-25)13-17-3-6-20-21(12-17)31-14-30-20/h3-6,11-12,16H,7-10,13-14H2,1-2H3,(H,23,27). The van der Waals surface area contributed by atoms with Crippen molar-refractivity contribution >= 4 is 17.3 Å². The van der Waals surface area contributed by atoms with Gasteiger partial charge in [-0.15, -0.1) is 0 Å². The first-order valence-corrected chi connectivity index (χ1v) is 10.3. The van der Waals surface area contributed by atoms with Gasteiger partial charge >= 0.3 is 0 Å². The van der Waals surface area contributed by atoms with E-state index in [0.717, 1.165) is 44.2 Å². The number of benzene rings is 2. The van der Waals surface area contributed by atoms with Gasteiger partial charge in [-0.05, 0) is 43.2 Å². The van der Waals surface area contributed by atoms with E-state index >= 15 is 0 Å². The Labute approximate surface area is 180 Å². The average molecular weight is 426 g/mol. The number of non-ortho nitro benzene ring substituents is 1. The van der Waals surface area contributed by atoms with Gasteiger partial charge in [-0.25, -0.2) is 0 Å². The van der Waals surface area contributed by atoms with Gasteiger partial charge in [-0.2, -0.15) is 0 Å². The van der Waals surface area contributed by atoms with Crippen molar-refractivity contribution in [3.63, 3.8) is 0 Å². The van der Waals surface area contributed by atoms with E-state index in [-0.39, 0.29) is 24.4 Å². The maximum absolute atomic E-state index is 12.7. The molecule has 0 aromatic heterocycles. The van der Waals surface area contributed by atoms with Gasteiger partial charge in [-0.3, -0.25) is 24.7 Å². The number of nitro groups is 1. The van der Waals surface area contributed by atoms with Crippen molar-refractivity contribution in [2.24, 2.45) is 0 Å². The molecule has 31 heavy (non-hydrogen) atoms. The first-order chi connectivity index (χ1) is 14.9. The monoisotopic (exact) mass is 426 g/mol. The summed E-state index contributed by atoms with van der Waals surface area (Å²) in [4.78, 5) is 27.7. The molecule has 0 aliphatic carbocycles. The third kappa shape index (κ3) is 4.78. The van der Waals surface area contributed by atoms with Gasteiger partial charge in [0.2, 0.25) is 12.7 Å². The minimum absolute atomic E-state index is 0.0159. The normalized spacial score (nSPS) is 17.4. The highest BCUT2D eigenvalue weighted by Crippen LogP contribution is 2.33. The third-order valence-electron chi connectivity index (χ3n) is 5.86. The summed E-state index contributed by atoms with van der Waals surface area (Å²) in [7, 11) is 0. The Morgan fingerprint density at radius 1 is 1.13 bits per heavy atom. The summed E-state index contributed by atoms with van der Waals surface area (Å²) in [5.41, 5.74) is 2.46. The van der Waals surface area contributed by atoms with Crippen molar-refractivity contribution in [2.75, 3.05) is 38.3 Å². The second kappa shape index (κ2) is 8.91. The van der Waals surface area contributed by atoms with Crippen LogP contribution in [0, 0.1) is 17.0 Å². The Kier molecular flexibility index (Phi) is 6.06. The van der Waals surface area contributed by atoms with Crippen LogP contribution in [-0.2, 0) is 11.3 Å². The molecule has 1 fully saturated rings. The predicted octanol–water partition coefficient (Wildman–Crippen LogP) is 2.78. The number of aryl methyl sites for hydroxylation is 1. The molecular formula is C22H26N4O5. The molecule has 1 unspecified atom stereocenters. The molecule has 164 valence electrons. The molecule has 1 N–H and O–H groups in total. The van der Waals surface area contributed by atoms with E-state index in [4.69, 9.17) is 9.47 Å². The van der Waals surface area contributed by atoms with Gasteiger partial charge in [0.1, 0.15) is 0 Å². The Hall–Kier alpha value is -3.17. The fraction of sp³-hybridized carbons (Fsp3) is 0.409. The van der Waals surface area contributed by atoms with Crippen LogP contribution in [0.1, 0.15) is 18.1 Å². The predicted molar refractivity (Wildman–Crippen MR) is 115 cm³/mol. The molecule has 9 heteroatoms. The number of hydrogen-bond acceptors (Lipinski definition) is 7. The summed E-state index contributed by atoms with van der Waals surface area (Å²) in [6.07, 6.45) is 0. The van der Waals surface area contributed by atoms with Crippen LogP contribution in [0.4, 0.5) is 11.4 Å². The Morgan fingerprint density at radius 2 is 1.87 bits per heavy atom. The van der Waals surface area contributed by atoms with Gasteiger partial charge in [0.15, 0.2) is 11.5 Å². The van der Waals surface area contributed by atoms with Crippen LogP contribution in [0.2, 0.25) is 0 Å². The highest BCUT2D eigenvalue weighted by molar-refractivity contribution is 5.95.